The highest BCUT2D eigenvalue weighted by molar-refractivity contribution is 5.79. The Labute approximate surface area is 161 Å². The number of carbonyl (C=O) groups excluding carboxylic acids is 1. The maximum absolute atomic E-state index is 12.7. The van der Waals surface area contributed by atoms with Gasteiger partial charge in [-0.1, -0.05) is 49.6 Å². The van der Waals surface area contributed by atoms with Gasteiger partial charge in [0.25, 0.3) is 0 Å². The van der Waals surface area contributed by atoms with Crippen LogP contribution in [0.2, 0.25) is 0 Å². The van der Waals surface area contributed by atoms with Gasteiger partial charge in [0.2, 0.25) is 11.9 Å². The normalized spacial score (nSPS) is 21.0. The number of hydrogen-bond acceptors (Lipinski definition) is 4. The predicted molar refractivity (Wildman–Crippen MR) is 107 cm³/mol. The zero-order chi connectivity index (χ0) is 18.5. The van der Waals surface area contributed by atoms with E-state index in [-0.39, 0.29) is 11.8 Å². The number of carbonyl (C=O) groups is 1. The largest absolute Gasteiger partial charge is 0.353 e. The first-order valence-corrected chi connectivity index (χ1v) is 10.2. The van der Waals surface area contributed by atoms with Crippen molar-refractivity contribution >= 4 is 11.9 Å². The molecule has 142 valence electrons. The minimum atomic E-state index is 0.0399. The standard InChI is InChI=1S/C22H28N4O/c27-21(25-20-11-5-2-6-12-20)18-10-7-13-26(16-18)22-23-14-19(15-24-22)17-8-3-1-4-9-17/h1,3-4,8-9,14-15,18,20H,2,5-7,10-13,16H2,(H,25,27)/t18-/m0/s1. The molecule has 1 aromatic heterocycles. The molecule has 0 unspecified atom stereocenters. The number of nitrogens with zero attached hydrogens (tertiary/aromatic N) is 3. The van der Waals surface area contributed by atoms with E-state index in [1.165, 1.54) is 19.3 Å². The van der Waals surface area contributed by atoms with Crippen LogP contribution in [0, 0.1) is 5.92 Å². The zero-order valence-corrected chi connectivity index (χ0v) is 15.8. The van der Waals surface area contributed by atoms with E-state index in [0.29, 0.717) is 12.6 Å². The molecule has 0 radical (unpaired) electrons. The van der Waals surface area contributed by atoms with Gasteiger partial charge in [0.05, 0.1) is 5.92 Å². The molecule has 1 amide bonds. The van der Waals surface area contributed by atoms with Gasteiger partial charge in [0.1, 0.15) is 0 Å². The third-order valence-electron chi connectivity index (χ3n) is 5.77. The Morgan fingerprint density at radius 1 is 0.926 bits per heavy atom. The van der Waals surface area contributed by atoms with E-state index in [0.717, 1.165) is 49.3 Å². The first-order chi connectivity index (χ1) is 13.3. The number of aromatic nitrogens is 2. The van der Waals surface area contributed by atoms with E-state index < -0.39 is 0 Å². The fraction of sp³-hybridized carbons (Fsp3) is 0.500. The van der Waals surface area contributed by atoms with E-state index >= 15 is 0 Å². The Kier molecular flexibility index (Phi) is 5.66. The van der Waals surface area contributed by atoms with Crippen molar-refractivity contribution in [2.75, 3.05) is 18.0 Å². The van der Waals surface area contributed by atoms with Crippen LogP contribution in [0.15, 0.2) is 42.7 Å². The van der Waals surface area contributed by atoms with Gasteiger partial charge in [-0.2, -0.15) is 0 Å². The van der Waals surface area contributed by atoms with Gasteiger partial charge in [-0.05, 0) is 31.2 Å². The molecular formula is C22H28N4O. The second kappa shape index (κ2) is 8.51. The number of benzene rings is 1. The third kappa shape index (κ3) is 4.46. The van der Waals surface area contributed by atoms with Crippen LogP contribution < -0.4 is 10.2 Å². The highest BCUT2D eigenvalue weighted by Crippen LogP contribution is 2.24. The van der Waals surface area contributed by atoms with E-state index in [1.807, 2.05) is 30.6 Å². The first kappa shape index (κ1) is 18.0. The minimum Gasteiger partial charge on any atom is -0.353 e. The van der Waals surface area contributed by atoms with Crippen LogP contribution in [0.25, 0.3) is 11.1 Å². The molecule has 2 aromatic rings. The molecule has 1 N–H and O–H groups in total. The Morgan fingerprint density at radius 2 is 1.67 bits per heavy atom. The lowest BCUT2D eigenvalue weighted by Crippen LogP contribution is -2.46. The lowest BCUT2D eigenvalue weighted by Gasteiger charge is -2.33. The number of hydrogen-bond donors (Lipinski definition) is 1. The van der Waals surface area contributed by atoms with E-state index in [2.05, 4.69) is 32.3 Å². The molecule has 2 heterocycles. The van der Waals surface area contributed by atoms with Crippen LogP contribution in [0.4, 0.5) is 5.95 Å². The molecule has 1 aromatic carbocycles. The van der Waals surface area contributed by atoms with Gasteiger partial charge in [-0.3, -0.25) is 4.79 Å². The van der Waals surface area contributed by atoms with Crippen LogP contribution in [0.1, 0.15) is 44.9 Å². The van der Waals surface area contributed by atoms with Crippen molar-refractivity contribution in [2.24, 2.45) is 5.92 Å². The molecule has 0 spiro atoms. The van der Waals surface area contributed by atoms with Crippen LogP contribution in [0.5, 0.6) is 0 Å². The van der Waals surface area contributed by atoms with Crippen LogP contribution in [-0.2, 0) is 4.79 Å². The van der Waals surface area contributed by atoms with Crippen molar-refractivity contribution in [3.63, 3.8) is 0 Å². The summed E-state index contributed by atoms with van der Waals surface area (Å²) in [6.45, 7) is 1.63. The first-order valence-electron chi connectivity index (χ1n) is 10.2. The molecule has 5 nitrogen and oxygen atoms in total. The lowest BCUT2D eigenvalue weighted by atomic mass is 9.93. The summed E-state index contributed by atoms with van der Waals surface area (Å²) in [7, 11) is 0. The predicted octanol–water partition coefficient (Wildman–Crippen LogP) is 3.81. The number of piperidine rings is 1. The van der Waals surface area contributed by atoms with Gasteiger partial charge in [-0.15, -0.1) is 0 Å². The summed E-state index contributed by atoms with van der Waals surface area (Å²) in [4.78, 5) is 24.0. The smallest absolute Gasteiger partial charge is 0.225 e. The molecule has 1 aliphatic carbocycles. The highest BCUT2D eigenvalue weighted by atomic mass is 16.2. The molecule has 1 atom stereocenters. The minimum absolute atomic E-state index is 0.0399. The van der Waals surface area contributed by atoms with Crippen LogP contribution in [-0.4, -0.2) is 35.0 Å². The van der Waals surface area contributed by atoms with Crippen molar-refractivity contribution in [1.29, 1.82) is 0 Å². The van der Waals surface area contributed by atoms with E-state index in [9.17, 15) is 4.79 Å². The van der Waals surface area contributed by atoms with Gasteiger partial charge >= 0.3 is 0 Å². The molecule has 1 saturated heterocycles. The molecule has 2 aliphatic rings. The number of amides is 1. The van der Waals surface area contributed by atoms with Gasteiger partial charge in [0, 0.05) is 37.1 Å². The Balaban J connectivity index is 1.38. The van der Waals surface area contributed by atoms with Crippen molar-refractivity contribution in [2.45, 2.75) is 51.0 Å². The van der Waals surface area contributed by atoms with E-state index in [4.69, 9.17) is 0 Å². The molecule has 1 saturated carbocycles. The van der Waals surface area contributed by atoms with Crippen molar-refractivity contribution in [3.8, 4) is 11.1 Å². The lowest BCUT2D eigenvalue weighted by molar-refractivity contribution is -0.126. The molecule has 27 heavy (non-hydrogen) atoms. The summed E-state index contributed by atoms with van der Waals surface area (Å²) in [5.41, 5.74) is 2.13. The SMILES string of the molecule is O=C(NC1CCCCC1)[C@H]1CCCN(c2ncc(-c3ccccc3)cn2)C1. The average Bonchev–Trinajstić information content (AvgIpc) is 2.75. The van der Waals surface area contributed by atoms with Crippen molar-refractivity contribution in [1.82, 2.24) is 15.3 Å². The quantitative estimate of drug-likeness (QED) is 0.896. The van der Waals surface area contributed by atoms with Crippen LogP contribution >= 0.6 is 0 Å². The molecule has 0 bridgehead atoms. The van der Waals surface area contributed by atoms with Gasteiger partial charge in [0.15, 0.2) is 0 Å². The maximum Gasteiger partial charge on any atom is 0.225 e. The summed E-state index contributed by atoms with van der Waals surface area (Å²) < 4.78 is 0. The second-order valence-corrected chi connectivity index (χ2v) is 7.77. The summed E-state index contributed by atoms with van der Waals surface area (Å²) in [6.07, 6.45) is 11.8. The molecule has 2 fully saturated rings. The number of nitrogens with one attached hydrogen (secondary N) is 1. The van der Waals surface area contributed by atoms with Crippen molar-refractivity contribution in [3.05, 3.63) is 42.7 Å². The number of anilines is 1. The Bertz CT molecular complexity index is 741. The fourth-order valence-electron chi connectivity index (χ4n) is 4.20. The Hall–Kier alpha value is -2.43. The summed E-state index contributed by atoms with van der Waals surface area (Å²) in [5, 5.41) is 3.28. The second-order valence-electron chi connectivity index (χ2n) is 7.77. The summed E-state index contributed by atoms with van der Waals surface area (Å²) in [5.74, 6) is 0.982. The van der Waals surface area contributed by atoms with Gasteiger partial charge < -0.3 is 10.2 Å². The maximum atomic E-state index is 12.7. The highest BCUT2D eigenvalue weighted by Gasteiger charge is 2.28. The Morgan fingerprint density at radius 3 is 2.41 bits per heavy atom. The molecule has 5 heteroatoms. The molecule has 4 rings (SSSR count). The van der Waals surface area contributed by atoms with Gasteiger partial charge in [-0.25, -0.2) is 9.97 Å². The topological polar surface area (TPSA) is 58.1 Å². The number of rotatable bonds is 4. The summed E-state index contributed by atoms with van der Waals surface area (Å²) >= 11 is 0. The molecule has 1 aliphatic heterocycles. The van der Waals surface area contributed by atoms with E-state index in [1.54, 1.807) is 0 Å². The van der Waals surface area contributed by atoms with Crippen molar-refractivity contribution < 1.29 is 4.79 Å². The van der Waals surface area contributed by atoms with Crippen LogP contribution in [0.3, 0.4) is 0 Å². The molecular weight excluding hydrogens is 336 g/mol. The fourth-order valence-corrected chi connectivity index (χ4v) is 4.20. The monoisotopic (exact) mass is 364 g/mol. The summed E-state index contributed by atoms with van der Waals surface area (Å²) in [6, 6.07) is 10.5. The third-order valence-corrected chi connectivity index (χ3v) is 5.77. The zero-order valence-electron chi connectivity index (χ0n) is 15.8. The average molecular weight is 364 g/mol.